The number of fused-ring (bicyclic) bond motifs is 1. The van der Waals surface area contributed by atoms with Gasteiger partial charge in [-0.3, -0.25) is 0 Å². The lowest BCUT2D eigenvalue weighted by Gasteiger charge is -1.96. The molecule has 0 saturated carbocycles. The Morgan fingerprint density at radius 3 is 3.06 bits per heavy atom. The predicted octanol–water partition coefficient (Wildman–Crippen LogP) is 3.55. The van der Waals surface area contributed by atoms with Gasteiger partial charge in [0, 0.05) is 6.07 Å². The van der Waals surface area contributed by atoms with Gasteiger partial charge < -0.3 is 9.84 Å². The van der Waals surface area contributed by atoms with Crippen LogP contribution in [0.4, 0.5) is 5.13 Å². The van der Waals surface area contributed by atoms with E-state index < -0.39 is 0 Å². The first-order chi connectivity index (χ1) is 8.33. The third-order valence-corrected chi connectivity index (χ3v) is 3.76. The lowest BCUT2D eigenvalue weighted by molar-refractivity contribution is 0.388. The molecule has 17 heavy (non-hydrogen) atoms. The normalized spacial score (nSPS) is 10.9. The largest absolute Gasteiger partial charge is 0.360 e. The molecule has 0 atom stereocenters. The molecule has 2 heterocycles. The van der Waals surface area contributed by atoms with Gasteiger partial charge in [0.2, 0.25) is 0 Å². The number of rotatable bonds is 3. The third kappa shape index (κ3) is 2.11. The van der Waals surface area contributed by atoms with Crippen molar-refractivity contribution in [2.45, 2.75) is 6.54 Å². The van der Waals surface area contributed by atoms with Gasteiger partial charge in [0.15, 0.2) is 10.9 Å². The molecule has 86 valence electrons. The molecule has 0 amide bonds. The molecule has 0 bridgehead atoms. The molecule has 0 aliphatic carbocycles. The van der Waals surface area contributed by atoms with Crippen molar-refractivity contribution in [3.05, 3.63) is 41.2 Å². The lowest BCUT2D eigenvalue weighted by atomic mass is 10.3. The van der Waals surface area contributed by atoms with E-state index in [1.165, 1.54) is 11.3 Å². The summed E-state index contributed by atoms with van der Waals surface area (Å²) in [7, 11) is 0. The van der Waals surface area contributed by atoms with Gasteiger partial charge in [-0.1, -0.05) is 34.2 Å². The molecule has 3 rings (SSSR count). The van der Waals surface area contributed by atoms with Gasteiger partial charge in [-0.05, 0) is 12.1 Å². The standard InChI is InChI=1S/C11H8ClN3OS/c12-8-2-1-3-9-10(8)17-11(15-9)13-6-7-4-5-14-16-7/h1-5H,6H2,(H,13,15). The van der Waals surface area contributed by atoms with Gasteiger partial charge in [-0.2, -0.15) is 0 Å². The number of halogens is 1. The van der Waals surface area contributed by atoms with Crippen molar-refractivity contribution in [1.29, 1.82) is 0 Å². The van der Waals surface area contributed by atoms with E-state index >= 15 is 0 Å². The van der Waals surface area contributed by atoms with E-state index in [1.54, 1.807) is 6.20 Å². The maximum atomic E-state index is 6.08. The van der Waals surface area contributed by atoms with Crippen molar-refractivity contribution < 1.29 is 4.52 Å². The Hall–Kier alpha value is -1.59. The van der Waals surface area contributed by atoms with Crippen LogP contribution in [0, 0.1) is 0 Å². The zero-order valence-corrected chi connectivity index (χ0v) is 10.3. The molecule has 0 saturated heterocycles. The smallest absolute Gasteiger partial charge is 0.184 e. The summed E-state index contributed by atoms with van der Waals surface area (Å²) in [5.41, 5.74) is 0.905. The Bertz CT molecular complexity index is 635. The van der Waals surface area contributed by atoms with Gasteiger partial charge >= 0.3 is 0 Å². The number of thiazole rings is 1. The summed E-state index contributed by atoms with van der Waals surface area (Å²) in [4.78, 5) is 4.43. The minimum absolute atomic E-state index is 0.567. The van der Waals surface area contributed by atoms with Crippen LogP contribution in [0.25, 0.3) is 10.2 Å². The second-order valence-electron chi connectivity index (χ2n) is 3.44. The number of nitrogens with one attached hydrogen (secondary N) is 1. The summed E-state index contributed by atoms with van der Waals surface area (Å²) in [6.07, 6.45) is 1.62. The average molecular weight is 266 g/mol. The van der Waals surface area contributed by atoms with E-state index in [9.17, 15) is 0 Å². The molecule has 0 spiro atoms. The van der Waals surface area contributed by atoms with Crippen LogP contribution in [0.15, 0.2) is 35.0 Å². The Morgan fingerprint density at radius 1 is 1.35 bits per heavy atom. The topological polar surface area (TPSA) is 51.0 Å². The summed E-state index contributed by atoms with van der Waals surface area (Å²) in [5, 5.41) is 8.37. The highest BCUT2D eigenvalue weighted by atomic mass is 35.5. The number of anilines is 1. The van der Waals surface area contributed by atoms with Crippen molar-refractivity contribution in [2.24, 2.45) is 0 Å². The number of benzene rings is 1. The van der Waals surface area contributed by atoms with Gasteiger partial charge in [0.05, 0.1) is 28.0 Å². The maximum Gasteiger partial charge on any atom is 0.184 e. The van der Waals surface area contributed by atoms with E-state index in [2.05, 4.69) is 15.5 Å². The van der Waals surface area contributed by atoms with Gasteiger partial charge in [0.25, 0.3) is 0 Å². The number of hydrogen-bond donors (Lipinski definition) is 1. The number of nitrogens with zero attached hydrogens (tertiary/aromatic N) is 2. The van der Waals surface area contributed by atoms with Crippen LogP contribution in [0.1, 0.15) is 5.76 Å². The Labute approximate surface area is 106 Å². The third-order valence-electron chi connectivity index (χ3n) is 2.27. The van der Waals surface area contributed by atoms with Crippen molar-refractivity contribution >= 4 is 38.3 Å². The Morgan fingerprint density at radius 2 is 2.29 bits per heavy atom. The molecule has 0 unspecified atom stereocenters. The van der Waals surface area contributed by atoms with Crippen molar-refractivity contribution in [2.75, 3.05) is 5.32 Å². The van der Waals surface area contributed by atoms with E-state index in [0.29, 0.717) is 6.54 Å². The fourth-order valence-electron chi connectivity index (χ4n) is 1.49. The summed E-state index contributed by atoms with van der Waals surface area (Å²) < 4.78 is 5.99. The summed E-state index contributed by atoms with van der Waals surface area (Å²) in [6, 6.07) is 7.51. The molecule has 0 radical (unpaired) electrons. The fourth-order valence-corrected chi connectivity index (χ4v) is 2.64. The quantitative estimate of drug-likeness (QED) is 0.787. The fraction of sp³-hybridized carbons (Fsp3) is 0.0909. The zero-order chi connectivity index (χ0) is 11.7. The van der Waals surface area contributed by atoms with Crippen molar-refractivity contribution in [1.82, 2.24) is 10.1 Å². The molecule has 1 N–H and O–H groups in total. The lowest BCUT2D eigenvalue weighted by Crippen LogP contribution is -1.96. The predicted molar refractivity (Wildman–Crippen MR) is 68.5 cm³/mol. The highest BCUT2D eigenvalue weighted by molar-refractivity contribution is 7.22. The van der Waals surface area contributed by atoms with Gasteiger partial charge in [-0.25, -0.2) is 4.98 Å². The molecule has 4 nitrogen and oxygen atoms in total. The van der Waals surface area contributed by atoms with Crippen molar-refractivity contribution in [3.8, 4) is 0 Å². The molecule has 3 aromatic rings. The first-order valence-electron chi connectivity index (χ1n) is 5.01. The molecular formula is C11H8ClN3OS. The van der Waals surface area contributed by atoms with Crippen LogP contribution in [-0.2, 0) is 6.54 Å². The van der Waals surface area contributed by atoms with E-state index in [-0.39, 0.29) is 0 Å². The molecular weight excluding hydrogens is 258 g/mol. The maximum absolute atomic E-state index is 6.08. The molecule has 6 heteroatoms. The zero-order valence-electron chi connectivity index (χ0n) is 8.68. The van der Waals surface area contributed by atoms with Crippen LogP contribution < -0.4 is 5.32 Å². The minimum atomic E-state index is 0.567. The van der Waals surface area contributed by atoms with Gasteiger partial charge in [0.1, 0.15) is 0 Å². The van der Waals surface area contributed by atoms with Crippen LogP contribution in [0.5, 0.6) is 0 Å². The first-order valence-corrected chi connectivity index (χ1v) is 6.21. The molecule has 2 aromatic heterocycles. The SMILES string of the molecule is Clc1cccc2nc(NCc3ccno3)sc12. The van der Waals surface area contributed by atoms with Crippen LogP contribution in [0.2, 0.25) is 5.02 Å². The number of hydrogen-bond acceptors (Lipinski definition) is 5. The van der Waals surface area contributed by atoms with E-state index in [1.807, 2.05) is 24.3 Å². The molecule has 0 aliphatic rings. The van der Waals surface area contributed by atoms with Crippen molar-refractivity contribution in [3.63, 3.8) is 0 Å². The monoisotopic (exact) mass is 265 g/mol. The second kappa shape index (κ2) is 4.35. The Kier molecular flexibility index (Phi) is 2.70. The van der Waals surface area contributed by atoms with Crippen LogP contribution in [-0.4, -0.2) is 10.1 Å². The first kappa shape index (κ1) is 10.6. The highest BCUT2D eigenvalue weighted by Gasteiger charge is 2.06. The summed E-state index contributed by atoms with van der Waals surface area (Å²) >= 11 is 7.61. The van der Waals surface area contributed by atoms with E-state index in [0.717, 1.165) is 26.1 Å². The summed E-state index contributed by atoms with van der Waals surface area (Å²) in [6.45, 7) is 0.567. The van der Waals surface area contributed by atoms with Crippen LogP contribution in [0.3, 0.4) is 0 Å². The Balaban J connectivity index is 1.84. The minimum Gasteiger partial charge on any atom is -0.360 e. The van der Waals surface area contributed by atoms with E-state index in [4.69, 9.17) is 16.1 Å². The highest BCUT2D eigenvalue weighted by Crippen LogP contribution is 2.31. The number of aromatic nitrogens is 2. The van der Waals surface area contributed by atoms with Crippen LogP contribution >= 0.6 is 22.9 Å². The second-order valence-corrected chi connectivity index (χ2v) is 4.85. The van der Waals surface area contributed by atoms with Gasteiger partial charge in [-0.15, -0.1) is 0 Å². The molecule has 0 aliphatic heterocycles. The molecule has 0 fully saturated rings. The average Bonchev–Trinajstić information content (AvgIpc) is 2.95. The molecule has 1 aromatic carbocycles. The summed E-state index contributed by atoms with van der Waals surface area (Å²) in [5.74, 6) is 0.773.